The summed E-state index contributed by atoms with van der Waals surface area (Å²) in [6.45, 7) is 3.99. The zero-order valence-electron chi connectivity index (χ0n) is 10.7. The van der Waals surface area contributed by atoms with E-state index in [1.54, 1.807) is 12.1 Å². The lowest BCUT2D eigenvalue weighted by Gasteiger charge is -2.09. The molecule has 98 valence electrons. The van der Waals surface area contributed by atoms with Gasteiger partial charge < -0.3 is 15.4 Å². The van der Waals surface area contributed by atoms with E-state index in [-0.39, 0.29) is 18.5 Å². The highest BCUT2D eigenvalue weighted by Crippen LogP contribution is 2.02. The highest BCUT2D eigenvalue weighted by atomic mass is 16.5. The number of hydrogen-bond donors (Lipinski definition) is 2. The van der Waals surface area contributed by atoms with E-state index in [2.05, 4.69) is 20.4 Å². The van der Waals surface area contributed by atoms with Crippen molar-refractivity contribution in [3.05, 3.63) is 29.6 Å². The zero-order chi connectivity index (χ0) is 13.5. The summed E-state index contributed by atoms with van der Waals surface area (Å²) in [7, 11) is 1.29. The Balaban J connectivity index is 2.67. The van der Waals surface area contributed by atoms with Crippen molar-refractivity contribution < 1.29 is 14.3 Å². The Morgan fingerprint density at radius 1 is 1.44 bits per heavy atom. The molecule has 0 aliphatic carbocycles. The van der Waals surface area contributed by atoms with Crippen LogP contribution in [0.5, 0.6) is 0 Å². The maximum absolute atomic E-state index is 11.8. The molecule has 0 spiro atoms. The van der Waals surface area contributed by atoms with Gasteiger partial charge in [0.1, 0.15) is 0 Å². The number of methoxy groups -OCH3 is 1. The van der Waals surface area contributed by atoms with Gasteiger partial charge in [0.15, 0.2) is 0 Å². The van der Waals surface area contributed by atoms with Crippen LogP contribution in [0.15, 0.2) is 18.3 Å². The molecule has 0 aromatic carbocycles. The summed E-state index contributed by atoms with van der Waals surface area (Å²) in [5.41, 5.74) is 1.11. The minimum Gasteiger partial charge on any atom is -0.453 e. The monoisotopic (exact) mass is 251 g/mol. The first kappa shape index (κ1) is 14.0. The largest absolute Gasteiger partial charge is 0.453 e. The van der Waals surface area contributed by atoms with Gasteiger partial charge >= 0.3 is 6.09 Å². The van der Waals surface area contributed by atoms with Crippen LogP contribution in [0.3, 0.4) is 0 Å². The minimum atomic E-state index is -0.533. The van der Waals surface area contributed by atoms with Crippen LogP contribution in [0.1, 0.15) is 29.9 Å². The van der Waals surface area contributed by atoms with Gasteiger partial charge in [-0.05, 0) is 26.0 Å². The molecular formula is C12H17N3O3. The number of amides is 2. The Bertz CT molecular complexity index is 432. The molecule has 18 heavy (non-hydrogen) atoms. The summed E-state index contributed by atoms with van der Waals surface area (Å²) in [6.07, 6.45) is 0.998. The fourth-order valence-corrected chi connectivity index (χ4v) is 1.30. The lowest BCUT2D eigenvalue weighted by molar-refractivity contribution is 0.0943. The van der Waals surface area contributed by atoms with Gasteiger partial charge in [0.25, 0.3) is 5.91 Å². The quantitative estimate of drug-likeness (QED) is 0.839. The summed E-state index contributed by atoms with van der Waals surface area (Å²) in [6, 6.07) is 3.33. The average molecular weight is 251 g/mol. The number of aromatic nitrogens is 1. The van der Waals surface area contributed by atoms with Gasteiger partial charge in [-0.15, -0.1) is 0 Å². The summed E-state index contributed by atoms with van der Waals surface area (Å²) in [4.78, 5) is 26.7. The molecule has 1 aromatic heterocycles. The number of alkyl carbamates (subject to hydrolysis) is 1. The van der Waals surface area contributed by atoms with Crippen LogP contribution in [0, 0.1) is 0 Å². The fourth-order valence-electron chi connectivity index (χ4n) is 1.30. The van der Waals surface area contributed by atoms with Gasteiger partial charge in [0.2, 0.25) is 0 Å². The lowest BCUT2D eigenvalue weighted by atomic mass is 10.2. The standard InChI is InChI=1S/C12H17N3O3/c1-8(2)15-11(16)9-4-5-13-10(6-9)7-14-12(17)18-3/h4-6,8H,7H2,1-3H3,(H,14,17)(H,15,16). The molecule has 2 amide bonds. The van der Waals surface area contributed by atoms with E-state index in [0.717, 1.165) is 0 Å². The average Bonchev–Trinajstić information content (AvgIpc) is 2.35. The number of nitrogens with zero attached hydrogens (tertiary/aromatic N) is 1. The zero-order valence-corrected chi connectivity index (χ0v) is 10.7. The van der Waals surface area contributed by atoms with Crippen molar-refractivity contribution in [2.24, 2.45) is 0 Å². The molecule has 0 saturated carbocycles. The molecule has 0 atom stereocenters. The molecule has 1 heterocycles. The summed E-state index contributed by atoms with van der Waals surface area (Å²) < 4.78 is 4.45. The van der Waals surface area contributed by atoms with Crippen molar-refractivity contribution in [3.8, 4) is 0 Å². The maximum atomic E-state index is 11.8. The highest BCUT2D eigenvalue weighted by molar-refractivity contribution is 5.94. The van der Waals surface area contributed by atoms with E-state index in [0.29, 0.717) is 11.3 Å². The number of pyridine rings is 1. The maximum Gasteiger partial charge on any atom is 0.407 e. The molecule has 0 saturated heterocycles. The molecule has 0 fully saturated rings. The topological polar surface area (TPSA) is 80.3 Å². The number of carbonyl (C=O) groups is 2. The van der Waals surface area contributed by atoms with Crippen molar-refractivity contribution in [2.45, 2.75) is 26.4 Å². The van der Waals surface area contributed by atoms with Crippen LogP contribution < -0.4 is 10.6 Å². The first-order valence-electron chi connectivity index (χ1n) is 5.60. The third kappa shape index (κ3) is 4.40. The van der Waals surface area contributed by atoms with E-state index in [4.69, 9.17) is 0 Å². The summed E-state index contributed by atoms with van der Waals surface area (Å²) in [5, 5.41) is 5.28. The van der Waals surface area contributed by atoms with Crippen molar-refractivity contribution in [1.82, 2.24) is 15.6 Å². The second kappa shape index (κ2) is 6.58. The second-order valence-corrected chi connectivity index (χ2v) is 4.01. The van der Waals surface area contributed by atoms with Gasteiger partial charge in [-0.3, -0.25) is 9.78 Å². The molecule has 6 heteroatoms. The lowest BCUT2D eigenvalue weighted by Crippen LogP contribution is -2.30. The van der Waals surface area contributed by atoms with E-state index >= 15 is 0 Å². The molecule has 0 bridgehead atoms. The normalized spacial score (nSPS) is 10.0. The Morgan fingerprint density at radius 2 is 2.17 bits per heavy atom. The van der Waals surface area contributed by atoms with Crippen LogP contribution in [0.4, 0.5) is 4.79 Å². The second-order valence-electron chi connectivity index (χ2n) is 4.01. The van der Waals surface area contributed by atoms with E-state index < -0.39 is 6.09 Å². The van der Waals surface area contributed by atoms with Crippen molar-refractivity contribution >= 4 is 12.0 Å². The fraction of sp³-hybridized carbons (Fsp3) is 0.417. The molecule has 2 N–H and O–H groups in total. The predicted molar refractivity (Wildman–Crippen MR) is 66.1 cm³/mol. The third-order valence-electron chi connectivity index (χ3n) is 2.10. The number of nitrogens with one attached hydrogen (secondary N) is 2. The molecule has 0 unspecified atom stereocenters. The Kier molecular flexibility index (Phi) is 5.10. The number of rotatable bonds is 4. The first-order valence-corrected chi connectivity index (χ1v) is 5.60. The molecule has 0 aliphatic heterocycles. The molecule has 6 nitrogen and oxygen atoms in total. The SMILES string of the molecule is COC(=O)NCc1cc(C(=O)NC(C)C)ccn1. The number of ether oxygens (including phenoxy) is 1. The predicted octanol–water partition coefficient (Wildman–Crippen LogP) is 1.08. The molecule has 1 aromatic rings. The van der Waals surface area contributed by atoms with E-state index in [1.807, 2.05) is 13.8 Å². The highest BCUT2D eigenvalue weighted by Gasteiger charge is 2.08. The number of hydrogen-bond acceptors (Lipinski definition) is 4. The van der Waals surface area contributed by atoms with Gasteiger partial charge in [-0.1, -0.05) is 0 Å². The third-order valence-corrected chi connectivity index (χ3v) is 2.10. The van der Waals surface area contributed by atoms with Crippen LogP contribution >= 0.6 is 0 Å². The molecule has 0 aliphatic rings. The van der Waals surface area contributed by atoms with Gasteiger partial charge in [-0.2, -0.15) is 0 Å². The van der Waals surface area contributed by atoms with Crippen LogP contribution in [0.2, 0.25) is 0 Å². The minimum absolute atomic E-state index is 0.0716. The van der Waals surface area contributed by atoms with Crippen molar-refractivity contribution in [2.75, 3.05) is 7.11 Å². The summed E-state index contributed by atoms with van der Waals surface area (Å²) in [5.74, 6) is -0.160. The molecular weight excluding hydrogens is 234 g/mol. The van der Waals surface area contributed by atoms with Crippen LogP contribution in [0.25, 0.3) is 0 Å². The van der Waals surface area contributed by atoms with Gasteiger partial charge in [0.05, 0.1) is 19.3 Å². The first-order chi connectivity index (χ1) is 8.52. The molecule has 0 radical (unpaired) electrons. The van der Waals surface area contributed by atoms with Crippen LogP contribution in [-0.2, 0) is 11.3 Å². The van der Waals surface area contributed by atoms with E-state index in [9.17, 15) is 9.59 Å². The Labute approximate surface area is 106 Å². The van der Waals surface area contributed by atoms with Crippen molar-refractivity contribution in [3.63, 3.8) is 0 Å². The van der Waals surface area contributed by atoms with Gasteiger partial charge in [0, 0.05) is 17.8 Å². The molecule has 1 rings (SSSR count). The Morgan fingerprint density at radius 3 is 2.78 bits per heavy atom. The van der Waals surface area contributed by atoms with E-state index in [1.165, 1.54) is 13.3 Å². The van der Waals surface area contributed by atoms with Gasteiger partial charge in [-0.25, -0.2) is 4.79 Å². The van der Waals surface area contributed by atoms with Crippen LogP contribution in [-0.4, -0.2) is 30.1 Å². The number of carbonyl (C=O) groups excluding carboxylic acids is 2. The summed E-state index contributed by atoms with van der Waals surface area (Å²) >= 11 is 0. The smallest absolute Gasteiger partial charge is 0.407 e. The Hall–Kier alpha value is -2.11. The van der Waals surface area contributed by atoms with Crippen molar-refractivity contribution in [1.29, 1.82) is 0 Å².